The van der Waals surface area contributed by atoms with Gasteiger partial charge in [0.2, 0.25) is 0 Å². The average Bonchev–Trinajstić information content (AvgIpc) is 2.99. The second-order valence-corrected chi connectivity index (χ2v) is 59.4. The molecule has 0 aromatic rings. The van der Waals surface area contributed by atoms with Crippen LogP contribution in [-0.2, 0) is 4.43 Å². The van der Waals surface area contributed by atoms with Crippen LogP contribution in [0.2, 0.25) is 169 Å². The van der Waals surface area contributed by atoms with Crippen molar-refractivity contribution in [1.29, 1.82) is 0 Å². The van der Waals surface area contributed by atoms with Crippen molar-refractivity contribution in [3.63, 3.8) is 0 Å². The van der Waals surface area contributed by atoms with Gasteiger partial charge in [-0.25, -0.2) is 0 Å². The number of hydrogen-bond acceptors (Lipinski definition) is 4. The van der Waals surface area contributed by atoms with Crippen molar-refractivity contribution in [2.24, 2.45) is 0 Å². The lowest BCUT2D eigenvalue weighted by Gasteiger charge is -2.39. The molecule has 11 heteroatoms. The molecule has 0 aliphatic rings. The molecule has 0 unspecified atom stereocenters. The first-order valence-electron chi connectivity index (χ1n) is 22.1. The van der Waals surface area contributed by atoms with E-state index in [4.69, 9.17) is 4.43 Å². The van der Waals surface area contributed by atoms with E-state index in [-0.39, 0.29) is 0 Å². The summed E-state index contributed by atoms with van der Waals surface area (Å²) in [6.45, 7) is 39.7. The molecular weight excluding hydrogens is 747 g/mol. The lowest BCUT2D eigenvalue weighted by molar-refractivity contribution is 0.320. The SMILES string of the molecule is CCO[Si](CC[Si](C)(C)CC[Si](C)(C)CCCN(C)C)(CC[Si](C)(C)CC[Si](C)(C)CCCN(C)C)CC[Si](C)(C)CC[Si](C)(C)CCCN(C)C. The van der Waals surface area contributed by atoms with E-state index in [1.807, 2.05) is 0 Å². The first kappa shape index (κ1) is 53.4. The third-order valence-corrected chi connectivity index (χ3v) is 40.0. The van der Waals surface area contributed by atoms with Gasteiger partial charge in [0.25, 0.3) is 0 Å². The molecule has 0 aliphatic heterocycles. The van der Waals surface area contributed by atoms with E-state index in [0.29, 0.717) is 0 Å². The van der Waals surface area contributed by atoms with E-state index in [1.54, 1.807) is 36.3 Å². The van der Waals surface area contributed by atoms with Crippen LogP contribution in [0.1, 0.15) is 26.2 Å². The first-order chi connectivity index (χ1) is 23.6. The molecule has 0 bridgehead atoms. The standard InChI is InChI=1S/C41H101N3OSi7/c1-20-45-52(39-36-49(14,15)33-30-46(8,9)27-21-24-42(2)3,40-37-50(16,17)34-31-47(10,11)28-22-25-43(4)5)41-38-51(18,19)35-32-48(12,13)29-23-26-44(6)7/h20-41H2,1-19H3. The van der Waals surface area contributed by atoms with Gasteiger partial charge in [-0.05, 0) is 106 Å². The van der Waals surface area contributed by atoms with Crippen LogP contribution in [0.4, 0.5) is 0 Å². The highest BCUT2D eigenvalue weighted by Gasteiger charge is 2.41. The molecule has 0 aromatic carbocycles. The van der Waals surface area contributed by atoms with Gasteiger partial charge in [-0.3, -0.25) is 0 Å². The van der Waals surface area contributed by atoms with E-state index in [9.17, 15) is 0 Å². The minimum absolute atomic E-state index is 0.946. The Bertz CT molecular complexity index is 827. The summed E-state index contributed by atoms with van der Waals surface area (Å²) in [5.74, 6) is 0. The fourth-order valence-electron chi connectivity index (χ4n) is 8.00. The van der Waals surface area contributed by atoms with Crippen molar-refractivity contribution >= 4 is 56.8 Å². The fraction of sp³-hybridized carbons (Fsp3) is 1.00. The van der Waals surface area contributed by atoms with Crippen LogP contribution in [-0.4, -0.2) is 140 Å². The van der Waals surface area contributed by atoms with Gasteiger partial charge in [0, 0.05) is 55.1 Å². The highest BCUT2D eigenvalue weighted by atomic mass is 28.4. The molecule has 314 valence electrons. The van der Waals surface area contributed by atoms with Gasteiger partial charge in [0.05, 0.1) is 0 Å². The zero-order chi connectivity index (χ0) is 40.5. The summed E-state index contributed by atoms with van der Waals surface area (Å²) >= 11 is 0. The maximum absolute atomic E-state index is 7.30. The van der Waals surface area contributed by atoms with E-state index in [0.717, 1.165) is 6.61 Å². The normalized spacial score (nSPS) is 14.4. The van der Waals surface area contributed by atoms with Crippen LogP contribution in [0, 0.1) is 0 Å². The molecule has 0 N–H and O–H groups in total. The Morgan fingerprint density at radius 3 is 0.692 bits per heavy atom. The van der Waals surface area contributed by atoms with Crippen LogP contribution >= 0.6 is 0 Å². The molecule has 0 saturated heterocycles. The molecule has 0 radical (unpaired) electrons. The summed E-state index contributed by atoms with van der Waals surface area (Å²) in [7, 11) is 4.36. The van der Waals surface area contributed by atoms with Gasteiger partial charge >= 0.3 is 0 Å². The number of nitrogens with zero attached hydrogens (tertiary/aromatic N) is 3. The Kier molecular flexibility index (Phi) is 25.0. The Morgan fingerprint density at radius 1 is 0.308 bits per heavy atom. The predicted molar refractivity (Wildman–Crippen MR) is 264 cm³/mol. The second-order valence-electron chi connectivity index (χ2n) is 23.3. The molecular formula is C41H101N3OSi7. The molecule has 0 saturated carbocycles. The average molecular weight is 849 g/mol. The van der Waals surface area contributed by atoms with Gasteiger partial charge in [0.1, 0.15) is 0 Å². The zero-order valence-electron chi connectivity index (χ0n) is 39.8. The molecule has 0 rings (SSSR count). The van der Waals surface area contributed by atoms with Crippen LogP contribution in [0.25, 0.3) is 0 Å². The monoisotopic (exact) mass is 848 g/mol. The summed E-state index contributed by atoms with van der Waals surface area (Å²) in [6.07, 6.45) is 4.16. The number of hydrogen-bond donors (Lipinski definition) is 0. The van der Waals surface area contributed by atoms with Crippen molar-refractivity contribution in [3.05, 3.63) is 0 Å². The van der Waals surface area contributed by atoms with Gasteiger partial charge in [-0.15, -0.1) is 0 Å². The molecule has 4 nitrogen and oxygen atoms in total. The van der Waals surface area contributed by atoms with Crippen LogP contribution in [0.3, 0.4) is 0 Å². The minimum atomic E-state index is -1.83. The van der Waals surface area contributed by atoms with Gasteiger partial charge in [0.15, 0.2) is 8.32 Å². The van der Waals surface area contributed by atoms with Crippen molar-refractivity contribution in [2.45, 2.75) is 195 Å². The summed E-state index contributed by atoms with van der Waals surface area (Å²) in [5.41, 5.74) is 0. The number of rotatable bonds is 32. The highest BCUT2D eigenvalue weighted by Crippen LogP contribution is 2.39. The molecule has 0 heterocycles. The summed E-state index contributed by atoms with van der Waals surface area (Å²) < 4.78 is 7.30. The summed E-state index contributed by atoms with van der Waals surface area (Å²) in [4.78, 5) is 7.12. The maximum Gasteiger partial charge on any atom is 0.191 e. The lowest BCUT2D eigenvalue weighted by Crippen LogP contribution is -2.45. The van der Waals surface area contributed by atoms with E-state index < -0.39 is 56.8 Å². The van der Waals surface area contributed by atoms with Crippen LogP contribution in [0.5, 0.6) is 0 Å². The first-order valence-corrected chi connectivity index (χ1v) is 45.2. The van der Waals surface area contributed by atoms with Gasteiger partial charge in [-0.2, -0.15) is 0 Å². The Morgan fingerprint density at radius 2 is 0.500 bits per heavy atom. The lowest BCUT2D eigenvalue weighted by atomic mass is 10.5. The van der Waals surface area contributed by atoms with Crippen LogP contribution < -0.4 is 0 Å². The van der Waals surface area contributed by atoms with Crippen molar-refractivity contribution in [1.82, 2.24) is 14.7 Å². The largest absolute Gasteiger partial charge is 0.417 e. The maximum atomic E-state index is 7.30. The van der Waals surface area contributed by atoms with Crippen molar-refractivity contribution < 1.29 is 4.43 Å². The highest BCUT2D eigenvalue weighted by molar-refractivity contribution is 6.87. The Labute approximate surface area is 338 Å². The van der Waals surface area contributed by atoms with Crippen molar-refractivity contribution in [2.75, 3.05) is 68.5 Å². The molecule has 0 aliphatic carbocycles. The van der Waals surface area contributed by atoms with Gasteiger partial charge < -0.3 is 19.1 Å². The summed E-state index contributed by atoms with van der Waals surface area (Å²) in [6, 6.07) is 22.7. The molecule has 0 aromatic heterocycles. The van der Waals surface area contributed by atoms with E-state index in [1.165, 1.54) is 93.3 Å². The predicted octanol–water partition coefficient (Wildman–Crippen LogP) is 13.1. The molecule has 52 heavy (non-hydrogen) atoms. The van der Waals surface area contributed by atoms with Crippen molar-refractivity contribution in [3.8, 4) is 0 Å². The van der Waals surface area contributed by atoms with E-state index >= 15 is 0 Å². The quantitative estimate of drug-likeness (QED) is 0.0628. The third kappa shape index (κ3) is 27.9. The fourth-order valence-corrected chi connectivity index (χ4v) is 44.5. The topological polar surface area (TPSA) is 19.0 Å². The molecule has 0 atom stereocenters. The molecule has 0 spiro atoms. The van der Waals surface area contributed by atoms with Gasteiger partial charge in [-0.1, -0.05) is 151 Å². The smallest absolute Gasteiger partial charge is 0.191 e. The minimum Gasteiger partial charge on any atom is -0.417 e. The zero-order valence-corrected chi connectivity index (χ0v) is 46.8. The Hall–Kier alpha value is 1.36. The van der Waals surface area contributed by atoms with E-state index in [2.05, 4.69) is 142 Å². The molecule has 0 amide bonds. The molecule has 0 fully saturated rings. The van der Waals surface area contributed by atoms with Crippen LogP contribution in [0.15, 0.2) is 0 Å². The second kappa shape index (κ2) is 24.3. The summed E-state index contributed by atoms with van der Waals surface area (Å²) in [5, 5.41) is 0. The Balaban J connectivity index is 5.89. The third-order valence-electron chi connectivity index (χ3n) is 13.0.